The summed E-state index contributed by atoms with van der Waals surface area (Å²) < 4.78 is 5.98. The van der Waals surface area contributed by atoms with Gasteiger partial charge in [0.1, 0.15) is 10.9 Å². The molecule has 0 saturated carbocycles. The summed E-state index contributed by atoms with van der Waals surface area (Å²) in [6, 6.07) is 5.12. The van der Waals surface area contributed by atoms with E-state index < -0.39 is 0 Å². The van der Waals surface area contributed by atoms with Gasteiger partial charge in [0.15, 0.2) is 5.82 Å². The van der Waals surface area contributed by atoms with E-state index in [0.29, 0.717) is 17.1 Å². The van der Waals surface area contributed by atoms with E-state index >= 15 is 0 Å². The van der Waals surface area contributed by atoms with E-state index in [1.54, 1.807) is 18.2 Å². The van der Waals surface area contributed by atoms with Crippen molar-refractivity contribution in [1.29, 1.82) is 0 Å². The summed E-state index contributed by atoms with van der Waals surface area (Å²) in [5.41, 5.74) is 0.405. The van der Waals surface area contributed by atoms with Crippen LogP contribution in [0.3, 0.4) is 0 Å². The Kier molecular flexibility index (Phi) is 4.34. The van der Waals surface area contributed by atoms with E-state index in [9.17, 15) is 4.79 Å². The Hall–Kier alpha value is -1.66. The van der Waals surface area contributed by atoms with Gasteiger partial charge in [0.05, 0.1) is 25.1 Å². The highest BCUT2D eigenvalue weighted by Crippen LogP contribution is 2.24. The molecule has 1 heterocycles. The van der Waals surface area contributed by atoms with Crippen molar-refractivity contribution in [3.63, 3.8) is 0 Å². The molecule has 0 aliphatic carbocycles. The molecule has 0 saturated heterocycles. The van der Waals surface area contributed by atoms with Crippen LogP contribution in [0.2, 0.25) is 5.15 Å². The zero-order valence-electron chi connectivity index (χ0n) is 9.85. The third-order valence-corrected chi connectivity index (χ3v) is 2.96. The average molecular weight is 343 g/mol. The van der Waals surface area contributed by atoms with Crippen molar-refractivity contribution in [3.05, 3.63) is 45.8 Å². The molecule has 0 atom stereocenters. The normalized spacial score (nSPS) is 10.1. The largest absolute Gasteiger partial charge is 0.496 e. The number of nitrogens with zero attached hydrogens (tertiary/aromatic N) is 2. The lowest BCUT2D eigenvalue weighted by molar-refractivity contribution is 0.102. The molecule has 0 radical (unpaired) electrons. The lowest BCUT2D eigenvalue weighted by atomic mass is 10.2. The number of hydrogen-bond acceptors (Lipinski definition) is 4. The Balaban J connectivity index is 2.22. The van der Waals surface area contributed by atoms with Crippen LogP contribution < -0.4 is 10.1 Å². The van der Waals surface area contributed by atoms with Gasteiger partial charge in [-0.25, -0.2) is 9.97 Å². The second-order valence-corrected chi connectivity index (χ2v) is 4.83. The molecule has 0 spiro atoms. The molecule has 7 heteroatoms. The van der Waals surface area contributed by atoms with Gasteiger partial charge in [-0.15, -0.1) is 0 Å². The first kappa shape index (κ1) is 13.8. The average Bonchev–Trinajstić information content (AvgIpc) is 2.41. The number of carbonyl (C=O) groups is 1. The number of ether oxygens (including phenoxy) is 1. The third-order valence-electron chi connectivity index (χ3n) is 2.27. The van der Waals surface area contributed by atoms with Crippen molar-refractivity contribution in [2.24, 2.45) is 0 Å². The zero-order chi connectivity index (χ0) is 13.8. The second kappa shape index (κ2) is 5.99. The van der Waals surface area contributed by atoms with Gasteiger partial charge in [-0.1, -0.05) is 27.5 Å². The quantitative estimate of drug-likeness (QED) is 0.930. The van der Waals surface area contributed by atoms with Crippen molar-refractivity contribution in [1.82, 2.24) is 9.97 Å². The Labute approximate surface area is 123 Å². The van der Waals surface area contributed by atoms with Gasteiger partial charge in [-0.05, 0) is 18.2 Å². The molecule has 0 bridgehead atoms. The van der Waals surface area contributed by atoms with Crippen molar-refractivity contribution in [3.8, 4) is 5.75 Å². The fourth-order valence-corrected chi connectivity index (χ4v) is 1.85. The SMILES string of the molecule is COc1cc(Br)ccc1C(=O)Nc1cnc(Cl)cn1. The predicted molar refractivity (Wildman–Crippen MR) is 75.7 cm³/mol. The molecule has 0 aliphatic heterocycles. The molecule has 19 heavy (non-hydrogen) atoms. The monoisotopic (exact) mass is 341 g/mol. The topological polar surface area (TPSA) is 64.1 Å². The van der Waals surface area contributed by atoms with Gasteiger partial charge < -0.3 is 10.1 Å². The van der Waals surface area contributed by atoms with Crippen molar-refractivity contribution >= 4 is 39.3 Å². The number of nitrogens with one attached hydrogen (secondary N) is 1. The number of halogens is 2. The maximum Gasteiger partial charge on any atom is 0.260 e. The van der Waals surface area contributed by atoms with Crippen LogP contribution >= 0.6 is 27.5 Å². The summed E-state index contributed by atoms with van der Waals surface area (Å²) in [6.45, 7) is 0. The Bertz CT molecular complexity index is 604. The van der Waals surface area contributed by atoms with E-state index in [1.807, 2.05) is 0 Å². The van der Waals surface area contributed by atoms with Gasteiger partial charge in [-0.2, -0.15) is 0 Å². The van der Waals surface area contributed by atoms with Gasteiger partial charge in [-0.3, -0.25) is 4.79 Å². The molecule has 98 valence electrons. The molecule has 1 N–H and O–H groups in total. The van der Waals surface area contributed by atoms with Crippen molar-refractivity contribution in [2.45, 2.75) is 0 Å². The summed E-state index contributed by atoms with van der Waals surface area (Å²) in [5, 5.41) is 2.88. The lowest BCUT2D eigenvalue weighted by Gasteiger charge is -2.09. The molecule has 2 rings (SSSR count). The van der Waals surface area contributed by atoms with E-state index in [1.165, 1.54) is 19.5 Å². The summed E-state index contributed by atoms with van der Waals surface area (Å²) in [6.07, 6.45) is 2.74. The smallest absolute Gasteiger partial charge is 0.260 e. The van der Waals surface area contributed by atoms with E-state index in [-0.39, 0.29) is 11.1 Å². The van der Waals surface area contributed by atoms with Crippen molar-refractivity contribution < 1.29 is 9.53 Å². The van der Waals surface area contributed by atoms with Gasteiger partial charge in [0, 0.05) is 4.47 Å². The Morgan fingerprint density at radius 3 is 2.79 bits per heavy atom. The van der Waals surface area contributed by atoms with Crippen LogP contribution in [0.4, 0.5) is 5.82 Å². The summed E-state index contributed by atoms with van der Waals surface area (Å²) in [7, 11) is 1.50. The van der Waals surface area contributed by atoms with E-state index in [0.717, 1.165) is 4.47 Å². The maximum absolute atomic E-state index is 12.1. The minimum Gasteiger partial charge on any atom is -0.496 e. The minimum atomic E-state index is -0.332. The van der Waals surface area contributed by atoms with Gasteiger partial charge in [0.2, 0.25) is 0 Å². The molecule has 0 aliphatic rings. The van der Waals surface area contributed by atoms with Crippen LogP contribution in [0.1, 0.15) is 10.4 Å². The molecule has 0 fully saturated rings. The highest BCUT2D eigenvalue weighted by atomic mass is 79.9. The first-order valence-corrected chi connectivity index (χ1v) is 6.39. The molecular formula is C12H9BrClN3O2. The summed E-state index contributed by atoms with van der Waals surface area (Å²) >= 11 is 8.93. The maximum atomic E-state index is 12.1. The van der Waals surface area contributed by atoms with E-state index in [2.05, 4.69) is 31.2 Å². The molecular weight excluding hydrogens is 334 g/mol. The number of amides is 1. The number of methoxy groups -OCH3 is 1. The van der Waals surface area contributed by atoms with Crippen LogP contribution in [0.15, 0.2) is 35.1 Å². The number of benzene rings is 1. The minimum absolute atomic E-state index is 0.263. The van der Waals surface area contributed by atoms with Crippen LogP contribution in [-0.4, -0.2) is 23.0 Å². The first-order chi connectivity index (χ1) is 9.10. The molecule has 1 aromatic carbocycles. The fourth-order valence-electron chi connectivity index (χ4n) is 1.41. The number of rotatable bonds is 3. The van der Waals surface area contributed by atoms with Crippen LogP contribution in [0.5, 0.6) is 5.75 Å². The van der Waals surface area contributed by atoms with Gasteiger partial charge in [0.25, 0.3) is 5.91 Å². The zero-order valence-corrected chi connectivity index (χ0v) is 12.2. The van der Waals surface area contributed by atoms with Crippen molar-refractivity contribution in [2.75, 3.05) is 12.4 Å². The van der Waals surface area contributed by atoms with Crippen LogP contribution in [-0.2, 0) is 0 Å². The highest BCUT2D eigenvalue weighted by Gasteiger charge is 2.13. The Morgan fingerprint density at radius 2 is 2.16 bits per heavy atom. The lowest BCUT2D eigenvalue weighted by Crippen LogP contribution is -2.14. The number of carbonyl (C=O) groups excluding carboxylic acids is 1. The number of aromatic nitrogens is 2. The van der Waals surface area contributed by atoms with E-state index in [4.69, 9.17) is 16.3 Å². The summed E-state index contributed by atoms with van der Waals surface area (Å²) in [4.78, 5) is 19.9. The standard InChI is InChI=1S/C12H9BrClN3O2/c1-19-9-4-7(13)2-3-8(9)12(18)17-11-6-15-10(14)5-16-11/h2-6H,1H3,(H,16,17,18). The Morgan fingerprint density at radius 1 is 1.37 bits per heavy atom. The van der Waals surface area contributed by atoms with Gasteiger partial charge >= 0.3 is 0 Å². The summed E-state index contributed by atoms with van der Waals surface area (Å²) in [5.74, 6) is 0.453. The van der Waals surface area contributed by atoms with Crippen LogP contribution in [0.25, 0.3) is 0 Å². The predicted octanol–water partition coefficient (Wildman–Crippen LogP) is 3.15. The molecule has 0 unspecified atom stereocenters. The molecule has 1 aromatic heterocycles. The first-order valence-electron chi connectivity index (χ1n) is 5.22. The fraction of sp³-hybridized carbons (Fsp3) is 0.0833. The number of hydrogen-bond donors (Lipinski definition) is 1. The third kappa shape index (κ3) is 3.42. The molecule has 2 aromatic rings. The molecule has 5 nitrogen and oxygen atoms in total. The second-order valence-electron chi connectivity index (χ2n) is 3.52. The van der Waals surface area contributed by atoms with Crippen LogP contribution in [0, 0.1) is 0 Å². The number of anilines is 1. The highest BCUT2D eigenvalue weighted by molar-refractivity contribution is 9.10. The molecule has 1 amide bonds.